The van der Waals surface area contributed by atoms with Crippen molar-refractivity contribution in [2.45, 2.75) is 39.1 Å². The van der Waals surface area contributed by atoms with Crippen molar-refractivity contribution in [2.75, 3.05) is 19.7 Å². The van der Waals surface area contributed by atoms with Crippen LogP contribution in [-0.2, 0) is 17.8 Å². The van der Waals surface area contributed by atoms with Crippen LogP contribution in [0, 0.1) is 0 Å². The fourth-order valence-corrected chi connectivity index (χ4v) is 3.04. The predicted octanol–water partition coefficient (Wildman–Crippen LogP) is 1.60. The van der Waals surface area contributed by atoms with Crippen molar-refractivity contribution in [3.8, 4) is 0 Å². The first-order valence-electron chi connectivity index (χ1n) is 7.67. The lowest BCUT2D eigenvalue weighted by atomic mass is 10.2. The largest absolute Gasteiger partial charge is 0.374 e. The summed E-state index contributed by atoms with van der Waals surface area (Å²) in [5, 5.41) is 1.15. The molecule has 5 nitrogen and oxygen atoms in total. The highest BCUT2D eigenvalue weighted by Gasteiger charge is 2.23. The van der Waals surface area contributed by atoms with Gasteiger partial charge in [-0.25, -0.2) is 4.98 Å². The third-order valence-corrected chi connectivity index (χ3v) is 4.24. The molecule has 3 heterocycles. The molecule has 0 aromatic carbocycles. The van der Waals surface area contributed by atoms with Crippen molar-refractivity contribution in [3.63, 3.8) is 0 Å². The monoisotopic (exact) mass is 288 g/mol. The first-order valence-corrected chi connectivity index (χ1v) is 7.67. The van der Waals surface area contributed by atoms with E-state index in [0.717, 1.165) is 42.8 Å². The molecule has 114 valence electrons. The average Bonchev–Trinajstić information content (AvgIpc) is 2.86. The Balaban J connectivity index is 1.81. The minimum atomic E-state index is 0.212. The third kappa shape index (κ3) is 2.95. The molecule has 2 aromatic heterocycles. The summed E-state index contributed by atoms with van der Waals surface area (Å²) in [7, 11) is 0. The lowest BCUT2D eigenvalue weighted by Crippen LogP contribution is -2.47. The van der Waals surface area contributed by atoms with Gasteiger partial charge in [0.25, 0.3) is 0 Å². The van der Waals surface area contributed by atoms with Gasteiger partial charge in [-0.2, -0.15) is 0 Å². The van der Waals surface area contributed by atoms with Crippen LogP contribution < -0.4 is 5.73 Å². The Morgan fingerprint density at radius 1 is 1.48 bits per heavy atom. The Morgan fingerprint density at radius 2 is 2.33 bits per heavy atom. The van der Waals surface area contributed by atoms with E-state index < -0.39 is 0 Å². The maximum atomic E-state index is 5.93. The minimum absolute atomic E-state index is 0.212. The second kappa shape index (κ2) is 6.13. The van der Waals surface area contributed by atoms with Gasteiger partial charge in [0.15, 0.2) is 0 Å². The van der Waals surface area contributed by atoms with Crippen LogP contribution in [0.2, 0.25) is 0 Å². The molecule has 0 bridgehead atoms. The number of nitrogens with zero attached hydrogens (tertiary/aromatic N) is 3. The Hall–Kier alpha value is -1.43. The molecule has 21 heavy (non-hydrogen) atoms. The number of nitrogens with two attached hydrogens (primary N) is 1. The minimum Gasteiger partial charge on any atom is -0.374 e. The zero-order chi connectivity index (χ0) is 14.8. The van der Waals surface area contributed by atoms with Gasteiger partial charge in [0.2, 0.25) is 0 Å². The fourth-order valence-electron chi connectivity index (χ4n) is 3.04. The van der Waals surface area contributed by atoms with Crippen LogP contribution in [0.15, 0.2) is 24.5 Å². The molecular weight excluding hydrogens is 264 g/mol. The van der Waals surface area contributed by atoms with Crippen molar-refractivity contribution < 1.29 is 4.74 Å². The smallest absolute Gasteiger partial charge is 0.140 e. The van der Waals surface area contributed by atoms with E-state index >= 15 is 0 Å². The van der Waals surface area contributed by atoms with Gasteiger partial charge in [0, 0.05) is 43.5 Å². The molecule has 1 saturated heterocycles. The maximum Gasteiger partial charge on any atom is 0.140 e. The first kappa shape index (κ1) is 14.5. The molecule has 1 fully saturated rings. The zero-order valence-corrected chi connectivity index (χ0v) is 12.8. The van der Waals surface area contributed by atoms with Gasteiger partial charge in [-0.1, -0.05) is 0 Å². The number of rotatable bonds is 4. The van der Waals surface area contributed by atoms with Crippen molar-refractivity contribution >= 4 is 11.0 Å². The molecule has 5 heteroatoms. The summed E-state index contributed by atoms with van der Waals surface area (Å²) in [5.41, 5.74) is 7.99. The Kier molecular flexibility index (Phi) is 4.24. The van der Waals surface area contributed by atoms with Crippen LogP contribution in [-0.4, -0.2) is 46.3 Å². The van der Waals surface area contributed by atoms with Crippen LogP contribution in [0.4, 0.5) is 0 Å². The number of pyridine rings is 1. The molecule has 0 spiro atoms. The number of aromatic nitrogens is 2. The summed E-state index contributed by atoms with van der Waals surface area (Å²) < 4.78 is 8.12. The van der Waals surface area contributed by atoms with Gasteiger partial charge in [-0.05, 0) is 31.5 Å². The van der Waals surface area contributed by atoms with Crippen molar-refractivity contribution in [1.82, 2.24) is 14.5 Å². The van der Waals surface area contributed by atoms with Gasteiger partial charge in [0.1, 0.15) is 5.65 Å². The summed E-state index contributed by atoms with van der Waals surface area (Å²) in [4.78, 5) is 6.98. The van der Waals surface area contributed by atoms with E-state index in [4.69, 9.17) is 10.5 Å². The average molecular weight is 288 g/mol. The molecule has 0 aliphatic carbocycles. The number of hydrogen-bond donors (Lipinski definition) is 1. The Labute approximate surface area is 125 Å². The molecule has 2 aromatic rings. The normalized spacial score (nSPS) is 20.5. The SMILES string of the molecule is CC(C)N1CCOC(Cn2cc(CN)c3cccnc32)C1. The summed E-state index contributed by atoms with van der Waals surface area (Å²) in [5.74, 6) is 0. The Bertz CT molecular complexity index is 607. The second-order valence-corrected chi connectivity index (χ2v) is 5.97. The first-order chi connectivity index (χ1) is 10.2. The van der Waals surface area contributed by atoms with Gasteiger partial charge < -0.3 is 15.0 Å². The van der Waals surface area contributed by atoms with E-state index in [1.54, 1.807) is 0 Å². The van der Waals surface area contributed by atoms with Gasteiger partial charge in [-0.15, -0.1) is 0 Å². The number of hydrogen-bond acceptors (Lipinski definition) is 4. The van der Waals surface area contributed by atoms with E-state index in [2.05, 4.69) is 40.6 Å². The highest BCUT2D eigenvalue weighted by Crippen LogP contribution is 2.20. The molecule has 1 aliphatic heterocycles. The summed E-state index contributed by atoms with van der Waals surface area (Å²) in [6.07, 6.45) is 4.17. The summed E-state index contributed by atoms with van der Waals surface area (Å²) in [6.45, 7) is 8.65. The lowest BCUT2D eigenvalue weighted by molar-refractivity contribution is -0.0451. The lowest BCUT2D eigenvalue weighted by Gasteiger charge is -2.35. The predicted molar refractivity (Wildman–Crippen MR) is 84.1 cm³/mol. The number of fused-ring (bicyclic) bond motifs is 1. The van der Waals surface area contributed by atoms with Crippen LogP contribution in [0.5, 0.6) is 0 Å². The highest BCUT2D eigenvalue weighted by atomic mass is 16.5. The highest BCUT2D eigenvalue weighted by molar-refractivity contribution is 5.80. The molecule has 0 amide bonds. The van der Waals surface area contributed by atoms with E-state index in [9.17, 15) is 0 Å². The zero-order valence-electron chi connectivity index (χ0n) is 12.8. The molecule has 3 rings (SSSR count). The quantitative estimate of drug-likeness (QED) is 0.928. The third-order valence-electron chi connectivity index (χ3n) is 4.24. The molecule has 2 N–H and O–H groups in total. The van der Waals surface area contributed by atoms with Crippen LogP contribution >= 0.6 is 0 Å². The number of ether oxygens (including phenoxy) is 1. The van der Waals surface area contributed by atoms with E-state index in [-0.39, 0.29) is 6.10 Å². The summed E-state index contributed by atoms with van der Waals surface area (Å²) >= 11 is 0. The van der Waals surface area contributed by atoms with Crippen LogP contribution in [0.25, 0.3) is 11.0 Å². The standard InChI is InChI=1S/C16H24N4O/c1-12(2)19-6-7-21-14(10-19)11-20-9-13(8-17)15-4-3-5-18-16(15)20/h3-5,9,12,14H,6-8,10-11,17H2,1-2H3. The molecule has 0 radical (unpaired) electrons. The van der Waals surface area contributed by atoms with Crippen LogP contribution in [0.1, 0.15) is 19.4 Å². The topological polar surface area (TPSA) is 56.3 Å². The van der Waals surface area contributed by atoms with Gasteiger partial charge >= 0.3 is 0 Å². The molecular formula is C16H24N4O. The Morgan fingerprint density at radius 3 is 3.10 bits per heavy atom. The fraction of sp³-hybridized carbons (Fsp3) is 0.562. The van der Waals surface area contributed by atoms with E-state index in [1.165, 1.54) is 0 Å². The van der Waals surface area contributed by atoms with Crippen molar-refractivity contribution in [2.24, 2.45) is 5.73 Å². The summed E-state index contributed by atoms with van der Waals surface area (Å²) in [6, 6.07) is 4.61. The van der Waals surface area contributed by atoms with E-state index in [0.29, 0.717) is 12.6 Å². The second-order valence-electron chi connectivity index (χ2n) is 5.97. The van der Waals surface area contributed by atoms with Crippen molar-refractivity contribution in [1.29, 1.82) is 0 Å². The number of morpholine rings is 1. The van der Waals surface area contributed by atoms with Gasteiger partial charge in [0.05, 0.1) is 19.3 Å². The maximum absolute atomic E-state index is 5.93. The molecule has 1 unspecified atom stereocenters. The van der Waals surface area contributed by atoms with Gasteiger partial charge in [-0.3, -0.25) is 4.90 Å². The molecule has 1 atom stereocenters. The molecule has 0 saturated carbocycles. The molecule has 1 aliphatic rings. The van der Waals surface area contributed by atoms with E-state index in [1.807, 2.05) is 12.3 Å². The van der Waals surface area contributed by atoms with Crippen LogP contribution in [0.3, 0.4) is 0 Å². The van der Waals surface area contributed by atoms with Crippen molar-refractivity contribution in [3.05, 3.63) is 30.1 Å².